The Labute approximate surface area is 124 Å². The van der Waals surface area contributed by atoms with Crippen molar-refractivity contribution in [1.29, 1.82) is 0 Å². The van der Waals surface area contributed by atoms with Crippen molar-refractivity contribution in [3.8, 4) is 0 Å². The van der Waals surface area contributed by atoms with Crippen molar-refractivity contribution in [2.45, 2.75) is 27.7 Å². The second-order valence-corrected chi connectivity index (χ2v) is 6.44. The van der Waals surface area contributed by atoms with Crippen LogP contribution in [0.25, 0.3) is 10.9 Å². The molecule has 0 radical (unpaired) electrons. The van der Waals surface area contributed by atoms with E-state index in [0.29, 0.717) is 29.1 Å². The number of aromatic nitrogens is 1. The van der Waals surface area contributed by atoms with Crippen LogP contribution in [0.5, 0.6) is 0 Å². The minimum absolute atomic E-state index is 0.0988. The Kier molecular flexibility index (Phi) is 4.11. The molecule has 1 heterocycles. The summed E-state index contributed by atoms with van der Waals surface area (Å²) in [5.74, 6) is 0.390. The number of nitro benzene ring substituents is 1. The summed E-state index contributed by atoms with van der Waals surface area (Å²) in [5, 5.41) is 15.2. The van der Waals surface area contributed by atoms with Gasteiger partial charge in [0.05, 0.1) is 15.8 Å². The predicted molar refractivity (Wildman–Crippen MR) is 85.5 cm³/mol. The largest absolute Gasteiger partial charge is 0.379 e. The van der Waals surface area contributed by atoms with Crippen LogP contribution in [0.4, 0.5) is 11.4 Å². The van der Waals surface area contributed by atoms with E-state index < -0.39 is 0 Å². The molecular weight excluding hydrogens is 266 g/mol. The predicted octanol–water partition coefficient (Wildman–Crippen LogP) is 4.24. The second-order valence-electron chi connectivity index (χ2n) is 6.44. The van der Waals surface area contributed by atoms with Gasteiger partial charge in [-0.2, -0.15) is 0 Å². The third kappa shape index (κ3) is 3.29. The van der Waals surface area contributed by atoms with Gasteiger partial charge in [0.15, 0.2) is 0 Å². The average Bonchev–Trinajstić information content (AvgIpc) is 2.42. The van der Waals surface area contributed by atoms with Crippen LogP contribution in [-0.2, 0) is 0 Å². The summed E-state index contributed by atoms with van der Waals surface area (Å²) in [6.07, 6.45) is 1.64. The Hall–Kier alpha value is -2.17. The van der Waals surface area contributed by atoms with Crippen LogP contribution < -0.4 is 5.32 Å². The highest BCUT2D eigenvalue weighted by Crippen LogP contribution is 2.33. The van der Waals surface area contributed by atoms with Crippen molar-refractivity contribution in [3.05, 3.63) is 40.6 Å². The summed E-state index contributed by atoms with van der Waals surface area (Å²) in [6.45, 7) is 9.33. The third-order valence-corrected chi connectivity index (χ3v) is 4.02. The van der Waals surface area contributed by atoms with Gasteiger partial charge in [-0.25, -0.2) is 0 Å². The first kappa shape index (κ1) is 15.2. The van der Waals surface area contributed by atoms with Crippen molar-refractivity contribution >= 4 is 22.3 Å². The molecule has 1 atom stereocenters. The summed E-state index contributed by atoms with van der Waals surface area (Å²) in [5.41, 5.74) is 1.44. The molecule has 0 aliphatic carbocycles. The number of nitro groups is 1. The molecule has 1 aromatic heterocycles. The summed E-state index contributed by atoms with van der Waals surface area (Å²) < 4.78 is 0. The molecule has 5 heteroatoms. The van der Waals surface area contributed by atoms with Gasteiger partial charge in [-0.1, -0.05) is 27.7 Å². The Bertz CT molecular complexity index is 662. The van der Waals surface area contributed by atoms with Crippen molar-refractivity contribution in [3.63, 3.8) is 0 Å². The summed E-state index contributed by atoms with van der Waals surface area (Å²) in [7, 11) is 0. The summed E-state index contributed by atoms with van der Waals surface area (Å²) in [4.78, 5) is 15.2. The molecule has 0 saturated carbocycles. The van der Waals surface area contributed by atoms with Gasteiger partial charge in [-0.3, -0.25) is 15.1 Å². The van der Waals surface area contributed by atoms with Gasteiger partial charge in [0.25, 0.3) is 0 Å². The van der Waals surface area contributed by atoms with E-state index in [-0.39, 0.29) is 16.0 Å². The van der Waals surface area contributed by atoms with Gasteiger partial charge in [0.2, 0.25) is 0 Å². The Morgan fingerprint density at radius 3 is 2.67 bits per heavy atom. The first-order valence-corrected chi connectivity index (χ1v) is 7.06. The molecule has 0 bridgehead atoms. The van der Waals surface area contributed by atoms with Gasteiger partial charge in [-0.05, 0) is 35.6 Å². The molecule has 112 valence electrons. The van der Waals surface area contributed by atoms with E-state index in [1.165, 1.54) is 0 Å². The van der Waals surface area contributed by atoms with E-state index >= 15 is 0 Å². The zero-order valence-electron chi connectivity index (χ0n) is 12.9. The number of hydrogen-bond acceptors (Lipinski definition) is 4. The van der Waals surface area contributed by atoms with Gasteiger partial charge < -0.3 is 5.32 Å². The maximum absolute atomic E-state index is 11.4. The lowest BCUT2D eigenvalue weighted by atomic mass is 9.82. The molecular formula is C16H21N3O2. The molecule has 0 aliphatic rings. The zero-order chi connectivity index (χ0) is 15.6. The van der Waals surface area contributed by atoms with Gasteiger partial charge in [0, 0.05) is 12.7 Å². The van der Waals surface area contributed by atoms with Gasteiger partial charge in [0.1, 0.15) is 5.69 Å². The lowest BCUT2D eigenvalue weighted by Gasteiger charge is -2.27. The number of hydrogen-bond donors (Lipinski definition) is 1. The van der Waals surface area contributed by atoms with Crippen molar-refractivity contribution in [1.82, 2.24) is 4.98 Å². The minimum atomic E-state index is -0.339. The van der Waals surface area contributed by atoms with E-state index in [4.69, 9.17) is 0 Å². The van der Waals surface area contributed by atoms with Crippen molar-refractivity contribution < 1.29 is 4.92 Å². The van der Waals surface area contributed by atoms with Crippen molar-refractivity contribution in [2.24, 2.45) is 11.3 Å². The molecule has 0 fully saturated rings. The fourth-order valence-electron chi connectivity index (χ4n) is 2.05. The monoisotopic (exact) mass is 287 g/mol. The smallest absolute Gasteiger partial charge is 0.301 e. The molecule has 0 saturated heterocycles. The Balaban J connectivity index is 2.36. The van der Waals surface area contributed by atoms with Crippen LogP contribution in [0.3, 0.4) is 0 Å². The maximum Gasteiger partial charge on any atom is 0.301 e. The zero-order valence-corrected chi connectivity index (χ0v) is 12.9. The number of rotatable bonds is 4. The highest BCUT2D eigenvalue weighted by Gasteiger charge is 2.22. The molecule has 21 heavy (non-hydrogen) atoms. The number of fused-ring (bicyclic) bond motifs is 1. The minimum Gasteiger partial charge on any atom is -0.379 e. The van der Waals surface area contributed by atoms with Crippen LogP contribution in [0, 0.1) is 21.4 Å². The van der Waals surface area contributed by atoms with Gasteiger partial charge in [-0.15, -0.1) is 0 Å². The molecule has 1 aromatic carbocycles. The number of pyridine rings is 1. The third-order valence-electron chi connectivity index (χ3n) is 4.02. The molecule has 5 nitrogen and oxygen atoms in total. The van der Waals surface area contributed by atoms with Crippen LogP contribution in [0.1, 0.15) is 27.7 Å². The van der Waals surface area contributed by atoms with E-state index in [2.05, 4.69) is 38.0 Å². The highest BCUT2D eigenvalue weighted by atomic mass is 16.6. The van der Waals surface area contributed by atoms with E-state index in [0.717, 1.165) is 0 Å². The molecule has 2 rings (SSSR count). The fraction of sp³-hybridized carbons (Fsp3) is 0.438. The van der Waals surface area contributed by atoms with Crippen LogP contribution in [-0.4, -0.2) is 16.5 Å². The second kappa shape index (κ2) is 5.68. The molecule has 1 unspecified atom stereocenters. The number of anilines is 1. The first-order chi connectivity index (χ1) is 9.80. The lowest BCUT2D eigenvalue weighted by molar-refractivity contribution is -0.382. The molecule has 0 amide bonds. The normalized spacial score (nSPS) is 13.1. The van der Waals surface area contributed by atoms with Crippen LogP contribution >= 0.6 is 0 Å². The lowest BCUT2D eigenvalue weighted by Crippen LogP contribution is -2.25. The quantitative estimate of drug-likeness (QED) is 0.674. The summed E-state index contributed by atoms with van der Waals surface area (Å²) in [6, 6.07) is 7.00. The van der Waals surface area contributed by atoms with E-state index in [9.17, 15) is 10.1 Å². The molecule has 2 aromatic rings. The Morgan fingerprint density at radius 2 is 2.05 bits per heavy atom. The standard InChI is InChI=1S/C16H21N3O2/c1-11(16(2,3)4)10-18-14-8-7-13-12(6-5-9-17-13)15(14)19(20)21/h5-9,11,18H,10H2,1-4H3. The SMILES string of the molecule is CC(CNc1ccc2ncccc2c1[N+](=O)[O-])C(C)(C)C. The molecule has 0 spiro atoms. The topological polar surface area (TPSA) is 68.1 Å². The number of nitrogens with zero attached hydrogens (tertiary/aromatic N) is 2. The first-order valence-electron chi connectivity index (χ1n) is 7.06. The number of benzene rings is 1. The van der Waals surface area contributed by atoms with Crippen LogP contribution in [0.15, 0.2) is 30.5 Å². The van der Waals surface area contributed by atoms with Crippen LogP contribution in [0.2, 0.25) is 0 Å². The van der Waals surface area contributed by atoms with E-state index in [1.54, 1.807) is 24.4 Å². The fourth-order valence-corrected chi connectivity index (χ4v) is 2.05. The Morgan fingerprint density at radius 1 is 1.33 bits per heavy atom. The average molecular weight is 287 g/mol. The maximum atomic E-state index is 11.4. The van der Waals surface area contributed by atoms with Crippen molar-refractivity contribution in [2.75, 3.05) is 11.9 Å². The van der Waals surface area contributed by atoms with Gasteiger partial charge >= 0.3 is 5.69 Å². The molecule has 1 N–H and O–H groups in total. The summed E-state index contributed by atoms with van der Waals surface area (Å²) >= 11 is 0. The molecule has 0 aliphatic heterocycles. The number of nitrogens with one attached hydrogen (secondary N) is 1. The highest BCUT2D eigenvalue weighted by molar-refractivity contribution is 5.94. The van der Waals surface area contributed by atoms with E-state index in [1.807, 2.05) is 6.07 Å².